The number of phenols is 2. The number of fused-ring (bicyclic) bond motifs is 1. The maximum atomic E-state index is 9.84. The van der Waals surface area contributed by atoms with Crippen LogP contribution in [0.4, 0.5) is 11.4 Å². The van der Waals surface area contributed by atoms with Crippen molar-refractivity contribution >= 4 is 22.1 Å². The van der Waals surface area contributed by atoms with Crippen molar-refractivity contribution in [2.45, 2.75) is 0 Å². The molecule has 3 N–H and O–H groups in total. The highest BCUT2D eigenvalue weighted by Gasteiger charge is 2.03. The Bertz CT molecular complexity index is 738. The van der Waals surface area contributed by atoms with E-state index in [4.69, 9.17) is 0 Å². The Kier molecular flexibility index (Phi) is 2.72. The second kappa shape index (κ2) is 4.53. The Morgan fingerprint density at radius 2 is 1.53 bits per heavy atom. The molecule has 0 amide bonds. The number of anilines is 2. The minimum atomic E-state index is 0.194. The van der Waals surface area contributed by atoms with Gasteiger partial charge in [0.25, 0.3) is 0 Å². The molecule has 0 saturated heterocycles. The van der Waals surface area contributed by atoms with Crippen molar-refractivity contribution in [3.63, 3.8) is 0 Å². The molecule has 3 heteroatoms. The quantitative estimate of drug-likeness (QED) is 0.603. The van der Waals surface area contributed by atoms with Gasteiger partial charge in [0.05, 0.1) is 5.69 Å². The molecule has 19 heavy (non-hydrogen) atoms. The summed E-state index contributed by atoms with van der Waals surface area (Å²) in [5.41, 5.74) is 1.45. The molecule has 0 heterocycles. The zero-order valence-electron chi connectivity index (χ0n) is 10.2. The summed E-state index contributed by atoms with van der Waals surface area (Å²) in [6, 6.07) is 18.2. The Morgan fingerprint density at radius 1 is 0.737 bits per heavy atom. The standard InChI is InChI=1S/C16H13NO2/c18-15-7-3-4-11-8-9-12(10-13(11)15)17-14-5-1-2-6-16(14)19/h1-10,17-19H. The summed E-state index contributed by atoms with van der Waals surface area (Å²) in [6.07, 6.45) is 0. The summed E-state index contributed by atoms with van der Waals surface area (Å²) in [4.78, 5) is 0. The fraction of sp³-hybridized carbons (Fsp3) is 0. The third kappa shape index (κ3) is 2.18. The number of aromatic hydroxyl groups is 2. The van der Waals surface area contributed by atoms with Crippen LogP contribution in [0.1, 0.15) is 0 Å². The van der Waals surface area contributed by atoms with Gasteiger partial charge in [0.15, 0.2) is 0 Å². The van der Waals surface area contributed by atoms with Crippen LogP contribution in [0.2, 0.25) is 0 Å². The van der Waals surface area contributed by atoms with E-state index in [-0.39, 0.29) is 11.5 Å². The molecule has 3 nitrogen and oxygen atoms in total. The van der Waals surface area contributed by atoms with Crippen molar-refractivity contribution in [1.82, 2.24) is 0 Å². The second-order valence-electron chi connectivity index (χ2n) is 4.36. The lowest BCUT2D eigenvalue weighted by atomic mass is 10.1. The average Bonchev–Trinajstić information content (AvgIpc) is 2.42. The van der Waals surface area contributed by atoms with Crippen molar-refractivity contribution < 1.29 is 10.2 Å². The Labute approximate surface area is 110 Å². The smallest absolute Gasteiger partial charge is 0.139 e. The lowest BCUT2D eigenvalue weighted by Crippen LogP contribution is -1.90. The molecular weight excluding hydrogens is 238 g/mol. The summed E-state index contributed by atoms with van der Waals surface area (Å²) in [5, 5.41) is 24.5. The van der Waals surface area contributed by atoms with E-state index in [9.17, 15) is 10.2 Å². The Hall–Kier alpha value is -2.68. The molecule has 3 rings (SSSR count). The summed E-state index contributed by atoms with van der Waals surface area (Å²) in [5.74, 6) is 0.443. The van der Waals surface area contributed by atoms with Crippen LogP contribution in [0.15, 0.2) is 60.7 Å². The second-order valence-corrected chi connectivity index (χ2v) is 4.36. The SMILES string of the molecule is Oc1ccccc1Nc1ccc2cccc(O)c2c1. The number of para-hydroxylation sites is 2. The van der Waals surface area contributed by atoms with E-state index in [0.29, 0.717) is 5.69 Å². The molecule has 0 atom stereocenters. The minimum absolute atomic E-state index is 0.194. The first-order valence-electron chi connectivity index (χ1n) is 6.01. The zero-order valence-corrected chi connectivity index (χ0v) is 10.2. The monoisotopic (exact) mass is 251 g/mol. The first kappa shape index (κ1) is 11.4. The maximum Gasteiger partial charge on any atom is 0.139 e. The van der Waals surface area contributed by atoms with Gasteiger partial charge in [-0.1, -0.05) is 30.3 Å². The Balaban J connectivity index is 2.02. The average molecular weight is 251 g/mol. The van der Waals surface area contributed by atoms with Crippen LogP contribution in [-0.2, 0) is 0 Å². The van der Waals surface area contributed by atoms with Crippen LogP contribution in [0.25, 0.3) is 10.8 Å². The highest BCUT2D eigenvalue weighted by atomic mass is 16.3. The molecule has 0 aliphatic carbocycles. The summed E-state index contributed by atoms with van der Waals surface area (Å²) in [7, 11) is 0. The normalized spacial score (nSPS) is 10.5. The van der Waals surface area contributed by atoms with E-state index < -0.39 is 0 Å². The molecule has 0 saturated carbocycles. The van der Waals surface area contributed by atoms with Crippen molar-refractivity contribution in [3.8, 4) is 11.5 Å². The highest BCUT2D eigenvalue weighted by Crippen LogP contribution is 2.30. The van der Waals surface area contributed by atoms with Crippen LogP contribution < -0.4 is 5.32 Å². The fourth-order valence-electron chi connectivity index (χ4n) is 2.07. The zero-order chi connectivity index (χ0) is 13.2. The largest absolute Gasteiger partial charge is 0.507 e. The van der Waals surface area contributed by atoms with Gasteiger partial charge in [0.2, 0.25) is 0 Å². The van der Waals surface area contributed by atoms with E-state index in [0.717, 1.165) is 16.5 Å². The molecule has 0 unspecified atom stereocenters. The summed E-state index contributed by atoms with van der Waals surface area (Å²) in [6.45, 7) is 0. The summed E-state index contributed by atoms with van der Waals surface area (Å²) >= 11 is 0. The van der Waals surface area contributed by atoms with E-state index >= 15 is 0 Å². The number of hydrogen-bond donors (Lipinski definition) is 3. The van der Waals surface area contributed by atoms with E-state index in [1.165, 1.54) is 0 Å². The van der Waals surface area contributed by atoms with Gasteiger partial charge >= 0.3 is 0 Å². The van der Waals surface area contributed by atoms with Crippen LogP contribution in [-0.4, -0.2) is 10.2 Å². The van der Waals surface area contributed by atoms with Crippen LogP contribution in [0, 0.1) is 0 Å². The van der Waals surface area contributed by atoms with E-state index in [1.807, 2.05) is 36.4 Å². The molecule has 94 valence electrons. The predicted octanol–water partition coefficient (Wildman–Crippen LogP) is 3.99. The van der Waals surface area contributed by atoms with Crippen molar-refractivity contribution in [3.05, 3.63) is 60.7 Å². The number of nitrogens with one attached hydrogen (secondary N) is 1. The molecule has 0 aliphatic rings. The molecule has 3 aromatic carbocycles. The molecule has 0 aliphatic heterocycles. The van der Waals surface area contributed by atoms with E-state index in [1.54, 1.807) is 24.3 Å². The number of benzene rings is 3. The molecule has 0 radical (unpaired) electrons. The topological polar surface area (TPSA) is 52.5 Å². The van der Waals surface area contributed by atoms with Gasteiger partial charge in [-0.25, -0.2) is 0 Å². The first-order chi connectivity index (χ1) is 9.24. The van der Waals surface area contributed by atoms with Crippen molar-refractivity contribution in [2.24, 2.45) is 0 Å². The lowest BCUT2D eigenvalue weighted by Gasteiger charge is -2.09. The molecule has 0 fully saturated rings. The first-order valence-corrected chi connectivity index (χ1v) is 6.01. The van der Waals surface area contributed by atoms with Gasteiger partial charge in [-0.05, 0) is 35.7 Å². The highest BCUT2D eigenvalue weighted by molar-refractivity contribution is 5.91. The maximum absolute atomic E-state index is 9.84. The minimum Gasteiger partial charge on any atom is -0.507 e. The van der Waals surface area contributed by atoms with Gasteiger partial charge in [-0.3, -0.25) is 0 Å². The van der Waals surface area contributed by atoms with Gasteiger partial charge in [0, 0.05) is 11.1 Å². The van der Waals surface area contributed by atoms with Gasteiger partial charge < -0.3 is 15.5 Å². The summed E-state index contributed by atoms with van der Waals surface area (Å²) < 4.78 is 0. The third-order valence-corrected chi connectivity index (χ3v) is 3.04. The third-order valence-electron chi connectivity index (χ3n) is 3.04. The van der Waals surface area contributed by atoms with Crippen LogP contribution >= 0.6 is 0 Å². The number of rotatable bonds is 2. The van der Waals surface area contributed by atoms with Crippen LogP contribution in [0.3, 0.4) is 0 Å². The fourth-order valence-corrected chi connectivity index (χ4v) is 2.07. The van der Waals surface area contributed by atoms with Gasteiger partial charge in [-0.15, -0.1) is 0 Å². The van der Waals surface area contributed by atoms with Gasteiger partial charge in [0.1, 0.15) is 11.5 Å². The van der Waals surface area contributed by atoms with Crippen molar-refractivity contribution in [1.29, 1.82) is 0 Å². The predicted molar refractivity (Wildman–Crippen MR) is 77.0 cm³/mol. The number of hydrogen-bond acceptors (Lipinski definition) is 3. The van der Waals surface area contributed by atoms with Crippen molar-refractivity contribution in [2.75, 3.05) is 5.32 Å². The molecule has 0 spiro atoms. The Morgan fingerprint density at radius 3 is 2.37 bits per heavy atom. The molecule has 0 aromatic heterocycles. The number of phenolic OH excluding ortho intramolecular Hbond substituents is 2. The molecule has 3 aromatic rings. The van der Waals surface area contributed by atoms with E-state index in [2.05, 4.69) is 5.32 Å². The van der Waals surface area contributed by atoms with Crippen LogP contribution in [0.5, 0.6) is 11.5 Å². The molecular formula is C16H13NO2. The molecule has 0 bridgehead atoms. The van der Waals surface area contributed by atoms with Gasteiger partial charge in [-0.2, -0.15) is 0 Å². The lowest BCUT2D eigenvalue weighted by molar-refractivity contribution is 0.478.